The fraction of sp³-hybridized carbons (Fsp3) is 0.600. The highest BCUT2D eigenvalue weighted by atomic mass is 32.2. The zero-order valence-electron chi connectivity index (χ0n) is 21.2. The molecule has 2 fully saturated rings. The van der Waals surface area contributed by atoms with Crippen LogP contribution in [0.3, 0.4) is 0 Å². The van der Waals surface area contributed by atoms with Gasteiger partial charge in [-0.3, -0.25) is 0 Å². The van der Waals surface area contributed by atoms with E-state index in [2.05, 4.69) is 53.7 Å². The molecule has 0 bridgehead atoms. The molecule has 1 aliphatic carbocycles. The molecule has 2 aromatic heterocycles. The van der Waals surface area contributed by atoms with Crippen molar-refractivity contribution in [3.63, 3.8) is 0 Å². The molecule has 2 N–H and O–H groups in total. The largest absolute Gasteiger partial charge is 0.394 e. The second-order valence-corrected chi connectivity index (χ2v) is 10.8. The summed E-state index contributed by atoms with van der Waals surface area (Å²) in [5, 5.41) is 22.4. The number of aromatic nitrogens is 5. The van der Waals surface area contributed by atoms with Crippen LogP contribution in [0.2, 0.25) is 0 Å². The van der Waals surface area contributed by atoms with Crippen molar-refractivity contribution >= 4 is 28.7 Å². The van der Waals surface area contributed by atoms with Gasteiger partial charge in [-0.25, -0.2) is 14.6 Å². The highest BCUT2D eigenvalue weighted by molar-refractivity contribution is 7.99. The zero-order chi connectivity index (χ0) is 25.3. The van der Waals surface area contributed by atoms with Gasteiger partial charge in [0.1, 0.15) is 12.2 Å². The molecule has 3 heterocycles. The van der Waals surface area contributed by atoms with Crippen LogP contribution in [-0.2, 0) is 20.8 Å². The molecule has 11 heteroatoms. The van der Waals surface area contributed by atoms with Crippen LogP contribution < -0.4 is 5.32 Å². The topological polar surface area (TPSA) is 116 Å². The molecule has 1 saturated heterocycles. The number of benzene rings is 1. The van der Waals surface area contributed by atoms with Crippen LogP contribution in [0.5, 0.6) is 0 Å². The Balaban J connectivity index is 1.48. The molecule has 0 spiro atoms. The summed E-state index contributed by atoms with van der Waals surface area (Å²) < 4.78 is 20.2. The first-order chi connectivity index (χ1) is 17.4. The van der Waals surface area contributed by atoms with E-state index in [9.17, 15) is 5.11 Å². The van der Waals surface area contributed by atoms with Crippen molar-refractivity contribution in [3.8, 4) is 0 Å². The van der Waals surface area contributed by atoms with E-state index in [0.29, 0.717) is 35.1 Å². The van der Waals surface area contributed by atoms with Crippen molar-refractivity contribution < 1.29 is 19.3 Å². The van der Waals surface area contributed by atoms with Gasteiger partial charge in [0.05, 0.1) is 25.4 Å². The molecule has 1 aromatic carbocycles. The number of aryl methyl sites for hydroxylation is 1. The molecular weight excluding hydrogens is 480 g/mol. The van der Waals surface area contributed by atoms with Crippen molar-refractivity contribution in [2.24, 2.45) is 0 Å². The fourth-order valence-corrected chi connectivity index (χ4v) is 5.51. The predicted octanol–water partition coefficient (Wildman–Crippen LogP) is 3.49. The number of nitrogens with one attached hydrogen (secondary N) is 1. The minimum absolute atomic E-state index is 0.0453. The second-order valence-electron chi connectivity index (χ2n) is 9.75. The number of anilines is 1. The summed E-state index contributed by atoms with van der Waals surface area (Å²) in [6, 6.07) is 8.24. The highest BCUT2D eigenvalue weighted by Crippen LogP contribution is 2.45. The standard InChI is InChI=1S/C25H34N6O4S/c1-5-12-36-24-27-22(26-14-16-8-6-15(2)7-9-16)19-23(28-24)31(30-29-19)17-13-18(33-11-10-32)21-20(17)34-25(3,4)35-21/h6-9,17-18,20-21,32H,5,10-14H2,1-4H3,(H,26,27,28)/t17-,18+,20?,21?/m0/s1. The van der Waals surface area contributed by atoms with Gasteiger partial charge in [-0.05, 0) is 32.8 Å². The quantitative estimate of drug-likeness (QED) is 0.308. The van der Waals surface area contributed by atoms with E-state index in [1.807, 2.05) is 18.5 Å². The van der Waals surface area contributed by atoms with Crippen molar-refractivity contribution in [3.05, 3.63) is 35.4 Å². The van der Waals surface area contributed by atoms with Gasteiger partial charge >= 0.3 is 0 Å². The van der Waals surface area contributed by atoms with Crippen molar-refractivity contribution in [2.75, 3.05) is 24.3 Å². The van der Waals surface area contributed by atoms with Gasteiger partial charge in [0.2, 0.25) is 0 Å². The lowest BCUT2D eigenvalue weighted by Crippen LogP contribution is -2.31. The van der Waals surface area contributed by atoms with E-state index < -0.39 is 5.79 Å². The summed E-state index contributed by atoms with van der Waals surface area (Å²) in [6.45, 7) is 8.84. The molecule has 4 atom stereocenters. The third kappa shape index (κ3) is 5.21. The van der Waals surface area contributed by atoms with Crippen LogP contribution in [0.4, 0.5) is 5.82 Å². The van der Waals surface area contributed by atoms with Crippen LogP contribution in [0.25, 0.3) is 11.2 Å². The first-order valence-electron chi connectivity index (χ1n) is 12.5. The number of fused-ring (bicyclic) bond motifs is 2. The Bertz CT molecular complexity index is 1190. The third-order valence-corrected chi connectivity index (χ3v) is 7.49. The summed E-state index contributed by atoms with van der Waals surface area (Å²) in [6.07, 6.45) is 0.900. The Morgan fingerprint density at radius 1 is 1.19 bits per heavy atom. The van der Waals surface area contributed by atoms with Crippen LogP contribution in [0, 0.1) is 6.92 Å². The molecule has 194 valence electrons. The molecule has 2 unspecified atom stereocenters. The average molecular weight is 515 g/mol. The smallest absolute Gasteiger partial charge is 0.191 e. The van der Waals surface area contributed by atoms with E-state index >= 15 is 0 Å². The number of hydrogen-bond donors (Lipinski definition) is 2. The fourth-order valence-electron chi connectivity index (χ4n) is 4.82. The van der Waals surface area contributed by atoms with Gasteiger partial charge in [0, 0.05) is 18.7 Å². The minimum atomic E-state index is -0.733. The van der Waals surface area contributed by atoms with Crippen LogP contribution >= 0.6 is 11.8 Å². The van der Waals surface area contributed by atoms with Crippen molar-refractivity contribution in [1.82, 2.24) is 25.0 Å². The van der Waals surface area contributed by atoms with E-state index in [0.717, 1.165) is 17.7 Å². The molecule has 0 amide bonds. The predicted molar refractivity (Wildman–Crippen MR) is 137 cm³/mol. The van der Waals surface area contributed by atoms with E-state index in [1.54, 1.807) is 11.8 Å². The molecule has 1 saturated carbocycles. The van der Waals surface area contributed by atoms with E-state index in [1.165, 1.54) is 5.56 Å². The second kappa shape index (κ2) is 10.6. The molecule has 3 aromatic rings. The Morgan fingerprint density at radius 3 is 2.72 bits per heavy atom. The molecule has 10 nitrogen and oxygen atoms in total. The zero-order valence-corrected chi connectivity index (χ0v) is 22.0. The number of aliphatic hydroxyl groups excluding tert-OH is 1. The van der Waals surface area contributed by atoms with Crippen LogP contribution in [0.15, 0.2) is 29.4 Å². The molecule has 1 aliphatic heterocycles. The Labute approximate surface area is 215 Å². The lowest BCUT2D eigenvalue weighted by molar-refractivity contribution is -0.171. The summed E-state index contributed by atoms with van der Waals surface area (Å²) in [4.78, 5) is 9.63. The van der Waals surface area contributed by atoms with Gasteiger partial charge in [0.15, 0.2) is 27.9 Å². The summed E-state index contributed by atoms with van der Waals surface area (Å²) >= 11 is 1.62. The van der Waals surface area contributed by atoms with Gasteiger partial charge in [0.25, 0.3) is 0 Å². The third-order valence-electron chi connectivity index (χ3n) is 6.44. The number of hydrogen-bond acceptors (Lipinski definition) is 10. The monoisotopic (exact) mass is 514 g/mol. The molecule has 2 aliphatic rings. The van der Waals surface area contributed by atoms with Crippen LogP contribution in [0.1, 0.15) is 50.8 Å². The number of rotatable bonds is 10. The average Bonchev–Trinajstić information content (AvgIpc) is 3.51. The SMILES string of the molecule is CCCSc1nc(NCc2ccc(C)cc2)c2nnn([C@H]3C[C@@H](OCCO)C4OC(C)(C)OC43)c2n1. The van der Waals surface area contributed by atoms with Crippen molar-refractivity contribution in [1.29, 1.82) is 0 Å². The van der Waals surface area contributed by atoms with Gasteiger partial charge in [-0.15, -0.1) is 5.10 Å². The number of thioether (sulfide) groups is 1. The number of ether oxygens (including phenoxy) is 3. The maximum atomic E-state index is 9.29. The Kier molecular flexibility index (Phi) is 7.45. The normalized spacial score (nSPS) is 24.9. The lowest BCUT2D eigenvalue weighted by atomic mass is 10.1. The molecule has 36 heavy (non-hydrogen) atoms. The lowest BCUT2D eigenvalue weighted by Gasteiger charge is -2.23. The molecule has 0 radical (unpaired) electrons. The highest BCUT2D eigenvalue weighted by Gasteiger charge is 2.56. The number of aliphatic hydroxyl groups is 1. The van der Waals surface area contributed by atoms with Crippen molar-refractivity contribution in [2.45, 2.75) is 82.4 Å². The Morgan fingerprint density at radius 2 is 1.97 bits per heavy atom. The van der Waals surface area contributed by atoms with E-state index in [4.69, 9.17) is 24.2 Å². The first kappa shape index (κ1) is 25.3. The van der Waals surface area contributed by atoms with Crippen LogP contribution in [-0.4, -0.2) is 73.1 Å². The molecular formula is C25H34N6O4S. The van der Waals surface area contributed by atoms with Gasteiger partial charge < -0.3 is 24.6 Å². The number of nitrogens with zero attached hydrogens (tertiary/aromatic N) is 5. The maximum absolute atomic E-state index is 9.29. The van der Waals surface area contributed by atoms with Gasteiger partial charge in [-0.2, -0.15) is 0 Å². The summed E-state index contributed by atoms with van der Waals surface area (Å²) in [7, 11) is 0. The minimum Gasteiger partial charge on any atom is -0.394 e. The van der Waals surface area contributed by atoms with E-state index in [-0.39, 0.29) is 37.6 Å². The maximum Gasteiger partial charge on any atom is 0.191 e. The molecule has 5 rings (SSSR count). The first-order valence-corrected chi connectivity index (χ1v) is 13.5. The summed E-state index contributed by atoms with van der Waals surface area (Å²) in [5.41, 5.74) is 3.66. The Hall–Kier alpha value is -2.31. The summed E-state index contributed by atoms with van der Waals surface area (Å²) in [5.74, 6) is 0.848. The van der Waals surface area contributed by atoms with Gasteiger partial charge in [-0.1, -0.05) is 53.7 Å².